The lowest BCUT2D eigenvalue weighted by molar-refractivity contribution is -0.0494. The van der Waals surface area contributed by atoms with Crippen molar-refractivity contribution in [3.05, 3.63) is 59.9 Å². The minimum atomic E-state index is -2.97. The molecule has 1 aliphatic rings. The van der Waals surface area contributed by atoms with E-state index in [2.05, 4.69) is 10.4 Å². The number of methoxy groups -OCH3 is 1. The number of nitrogens with zero attached hydrogens (tertiary/aromatic N) is 2. The second kappa shape index (κ2) is 8.84. The number of benzene rings is 2. The Morgan fingerprint density at radius 2 is 1.82 bits per heavy atom. The van der Waals surface area contributed by atoms with Crippen LogP contribution in [0.3, 0.4) is 0 Å². The van der Waals surface area contributed by atoms with Gasteiger partial charge in [0.25, 0.3) is 5.91 Å². The van der Waals surface area contributed by atoms with E-state index in [1.165, 1.54) is 6.07 Å². The quantitative estimate of drug-likeness (QED) is 0.471. The molecule has 0 bridgehead atoms. The second-order valence-corrected chi connectivity index (χ2v) is 9.08. The molecule has 1 aliphatic carbocycles. The van der Waals surface area contributed by atoms with Crippen LogP contribution in [-0.2, 0) is 5.54 Å². The zero-order chi connectivity index (χ0) is 23.8. The van der Waals surface area contributed by atoms with Crippen molar-refractivity contribution in [2.24, 2.45) is 0 Å². The lowest BCUT2D eigenvalue weighted by Gasteiger charge is -2.22. The van der Waals surface area contributed by atoms with E-state index in [9.17, 15) is 13.6 Å². The van der Waals surface area contributed by atoms with Crippen molar-refractivity contribution in [3.8, 4) is 22.6 Å². The van der Waals surface area contributed by atoms with Crippen LogP contribution in [0.15, 0.2) is 48.5 Å². The van der Waals surface area contributed by atoms with Crippen molar-refractivity contribution in [2.75, 3.05) is 12.4 Å². The van der Waals surface area contributed by atoms with Crippen LogP contribution in [-0.4, -0.2) is 29.4 Å². The number of anilines is 1. The Labute approximate surface area is 191 Å². The lowest BCUT2D eigenvalue weighted by atomic mass is 10.0. The molecule has 3 aromatic rings. The van der Waals surface area contributed by atoms with Gasteiger partial charge in [0.05, 0.1) is 18.3 Å². The molecule has 1 N–H and O–H groups in total. The van der Waals surface area contributed by atoms with E-state index in [1.807, 2.05) is 26.8 Å². The molecule has 33 heavy (non-hydrogen) atoms. The number of hydrogen-bond acceptors (Lipinski definition) is 4. The average Bonchev–Trinajstić information content (AvgIpc) is 3.51. The van der Waals surface area contributed by atoms with Crippen molar-refractivity contribution >= 4 is 11.6 Å². The Kier molecular flexibility index (Phi) is 6.10. The van der Waals surface area contributed by atoms with Crippen LogP contribution in [0, 0.1) is 0 Å². The van der Waals surface area contributed by atoms with Gasteiger partial charge in [0, 0.05) is 17.2 Å². The third-order valence-corrected chi connectivity index (χ3v) is 5.45. The summed E-state index contributed by atoms with van der Waals surface area (Å²) in [6.45, 7) is 3.01. The van der Waals surface area contributed by atoms with Gasteiger partial charge in [0.2, 0.25) is 0 Å². The highest BCUT2D eigenvalue weighted by molar-refractivity contribution is 6.03. The topological polar surface area (TPSA) is 65.4 Å². The van der Waals surface area contributed by atoms with Crippen LogP contribution in [0.5, 0.6) is 11.5 Å². The standard InChI is InChI=1S/C25H27F2N3O3/c1-25(2,3)30-21(14-20(29-30)16-5-6-16)23(31)28-17-9-12-22(33-24(26)27)19(13-17)15-7-10-18(32-4)11-8-15/h7-14,16,24H,5-6H2,1-4H3,(H,28,31). The highest BCUT2D eigenvalue weighted by Gasteiger charge is 2.31. The zero-order valence-electron chi connectivity index (χ0n) is 19.1. The number of nitrogens with one attached hydrogen (secondary N) is 1. The van der Waals surface area contributed by atoms with E-state index in [4.69, 9.17) is 9.47 Å². The molecule has 4 rings (SSSR count). The maximum atomic E-state index is 13.2. The summed E-state index contributed by atoms with van der Waals surface area (Å²) in [4.78, 5) is 13.2. The van der Waals surface area contributed by atoms with Crippen molar-refractivity contribution in [2.45, 2.75) is 51.7 Å². The van der Waals surface area contributed by atoms with Gasteiger partial charge < -0.3 is 14.8 Å². The van der Waals surface area contributed by atoms with E-state index >= 15 is 0 Å². The van der Waals surface area contributed by atoms with Crippen molar-refractivity contribution < 1.29 is 23.0 Å². The molecule has 8 heteroatoms. The van der Waals surface area contributed by atoms with Crippen LogP contribution in [0.2, 0.25) is 0 Å². The summed E-state index contributed by atoms with van der Waals surface area (Å²) in [7, 11) is 1.55. The number of aromatic nitrogens is 2. The first-order valence-electron chi connectivity index (χ1n) is 10.8. The Bertz CT molecular complexity index is 1150. The number of ether oxygens (including phenoxy) is 2. The molecule has 0 radical (unpaired) electrons. The fourth-order valence-corrected chi connectivity index (χ4v) is 3.65. The normalized spacial score (nSPS) is 13.8. The van der Waals surface area contributed by atoms with Gasteiger partial charge in [-0.3, -0.25) is 9.48 Å². The molecular weight excluding hydrogens is 428 g/mol. The Balaban J connectivity index is 1.66. The first-order chi connectivity index (χ1) is 15.7. The molecule has 1 aromatic heterocycles. The van der Waals surface area contributed by atoms with Crippen LogP contribution in [0.25, 0.3) is 11.1 Å². The minimum Gasteiger partial charge on any atom is -0.497 e. The van der Waals surface area contributed by atoms with Gasteiger partial charge in [-0.15, -0.1) is 0 Å². The number of halogens is 2. The molecule has 1 fully saturated rings. The van der Waals surface area contributed by atoms with Crippen LogP contribution < -0.4 is 14.8 Å². The van der Waals surface area contributed by atoms with Crippen LogP contribution in [0.4, 0.5) is 14.5 Å². The summed E-state index contributed by atoms with van der Waals surface area (Å²) >= 11 is 0. The summed E-state index contributed by atoms with van der Waals surface area (Å²) in [6, 6.07) is 13.4. The summed E-state index contributed by atoms with van der Waals surface area (Å²) in [5, 5.41) is 7.56. The fraction of sp³-hybridized carbons (Fsp3) is 0.360. The molecule has 1 heterocycles. The van der Waals surface area contributed by atoms with Gasteiger partial charge in [-0.25, -0.2) is 0 Å². The smallest absolute Gasteiger partial charge is 0.387 e. The number of carbonyl (C=O) groups excluding carboxylic acids is 1. The lowest BCUT2D eigenvalue weighted by Crippen LogP contribution is -2.29. The van der Waals surface area contributed by atoms with Crippen molar-refractivity contribution in [1.82, 2.24) is 9.78 Å². The van der Waals surface area contributed by atoms with E-state index in [1.54, 1.807) is 48.2 Å². The maximum absolute atomic E-state index is 13.2. The average molecular weight is 456 g/mol. The Morgan fingerprint density at radius 1 is 1.12 bits per heavy atom. The fourth-order valence-electron chi connectivity index (χ4n) is 3.65. The predicted molar refractivity (Wildman–Crippen MR) is 122 cm³/mol. The van der Waals surface area contributed by atoms with E-state index in [0.717, 1.165) is 18.5 Å². The highest BCUT2D eigenvalue weighted by Crippen LogP contribution is 2.40. The molecule has 0 saturated heterocycles. The molecule has 0 aliphatic heterocycles. The first-order valence-corrected chi connectivity index (χ1v) is 10.8. The molecule has 0 atom stereocenters. The molecule has 0 spiro atoms. The van der Waals surface area contributed by atoms with Crippen molar-refractivity contribution in [3.63, 3.8) is 0 Å². The predicted octanol–water partition coefficient (Wildman–Crippen LogP) is 6.04. The number of rotatable bonds is 7. The molecular formula is C25H27F2N3O3. The van der Waals surface area contributed by atoms with Crippen LogP contribution >= 0.6 is 0 Å². The Morgan fingerprint density at radius 3 is 2.39 bits per heavy atom. The van der Waals surface area contributed by atoms with Gasteiger partial charge in [0.15, 0.2) is 0 Å². The summed E-state index contributed by atoms with van der Waals surface area (Å²) in [5.41, 5.74) is 2.56. The molecule has 0 unspecified atom stereocenters. The maximum Gasteiger partial charge on any atom is 0.387 e. The van der Waals surface area contributed by atoms with Gasteiger partial charge in [-0.05, 0) is 75.6 Å². The third kappa shape index (κ3) is 5.16. The first kappa shape index (κ1) is 22.8. The Hall–Kier alpha value is -3.42. The summed E-state index contributed by atoms with van der Waals surface area (Å²) < 4.78 is 37.6. The van der Waals surface area contributed by atoms with Gasteiger partial charge in [-0.1, -0.05) is 12.1 Å². The molecule has 2 aromatic carbocycles. The molecule has 1 amide bonds. The monoisotopic (exact) mass is 455 g/mol. The van der Waals surface area contributed by atoms with Crippen molar-refractivity contribution in [1.29, 1.82) is 0 Å². The van der Waals surface area contributed by atoms with E-state index in [-0.39, 0.29) is 17.2 Å². The van der Waals surface area contributed by atoms with E-state index in [0.29, 0.717) is 34.2 Å². The van der Waals surface area contributed by atoms with Gasteiger partial charge in [-0.2, -0.15) is 13.9 Å². The highest BCUT2D eigenvalue weighted by atomic mass is 19.3. The van der Waals surface area contributed by atoms with Gasteiger partial charge >= 0.3 is 6.61 Å². The van der Waals surface area contributed by atoms with Gasteiger partial charge in [0.1, 0.15) is 17.2 Å². The largest absolute Gasteiger partial charge is 0.497 e. The minimum absolute atomic E-state index is 0.0175. The number of alkyl halides is 2. The SMILES string of the molecule is COc1ccc(-c2cc(NC(=O)c3cc(C4CC4)nn3C(C)(C)C)ccc2OC(F)F)cc1. The summed E-state index contributed by atoms with van der Waals surface area (Å²) in [6.07, 6.45) is 2.16. The third-order valence-electron chi connectivity index (χ3n) is 5.45. The molecule has 174 valence electrons. The van der Waals surface area contributed by atoms with E-state index < -0.39 is 6.61 Å². The zero-order valence-corrected chi connectivity index (χ0v) is 19.1. The number of carbonyl (C=O) groups is 1. The number of amides is 1. The van der Waals surface area contributed by atoms with Crippen LogP contribution in [0.1, 0.15) is 55.7 Å². The molecule has 6 nitrogen and oxygen atoms in total. The second-order valence-electron chi connectivity index (χ2n) is 9.08. The summed E-state index contributed by atoms with van der Waals surface area (Å²) in [5.74, 6) is 0.755. The number of hydrogen-bond donors (Lipinski definition) is 1. The molecule has 1 saturated carbocycles.